The van der Waals surface area contributed by atoms with Crippen molar-refractivity contribution in [2.45, 2.75) is 13.3 Å². The first kappa shape index (κ1) is 19.7. The van der Waals surface area contributed by atoms with Gasteiger partial charge in [0.1, 0.15) is 0 Å². The fourth-order valence-electron chi connectivity index (χ4n) is 3.54. The van der Waals surface area contributed by atoms with E-state index in [0.717, 1.165) is 33.6 Å². The molecule has 7 heteroatoms. The van der Waals surface area contributed by atoms with E-state index in [-0.39, 0.29) is 5.56 Å². The molecule has 0 bridgehead atoms. The highest BCUT2D eigenvalue weighted by molar-refractivity contribution is 7.20. The number of hydrogen-bond donors (Lipinski definition) is 1. The molecule has 0 saturated heterocycles. The second kappa shape index (κ2) is 8.45. The number of thiophene rings is 1. The van der Waals surface area contributed by atoms with Crippen LogP contribution in [0.4, 0.5) is 0 Å². The zero-order chi connectivity index (χ0) is 21.2. The summed E-state index contributed by atoms with van der Waals surface area (Å²) >= 11 is 3.22. The van der Waals surface area contributed by atoms with Gasteiger partial charge in [0.05, 0.1) is 21.5 Å². The van der Waals surface area contributed by atoms with Gasteiger partial charge in [0.2, 0.25) is 5.13 Å². The lowest BCUT2D eigenvalue weighted by atomic mass is 10.1. The third kappa shape index (κ3) is 3.89. The molecule has 0 saturated carbocycles. The highest BCUT2D eigenvalue weighted by Crippen LogP contribution is 2.26. The Morgan fingerprint density at radius 1 is 1.06 bits per heavy atom. The van der Waals surface area contributed by atoms with Gasteiger partial charge in [-0.25, -0.2) is 4.98 Å². The molecule has 1 N–H and O–H groups in total. The van der Waals surface area contributed by atoms with Crippen molar-refractivity contribution in [1.29, 1.82) is 0 Å². The Kier molecular flexibility index (Phi) is 5.36. The molecule has 0 amide bonds. The summed E-state index contributed by atoms with van der Waals surface area (Å²) in [5.74, 6) is 0. The van der Waals surface area contributed by atoms with E-state index in [2.05, 4.69) is 21.5 Å². The van der Waals surface area contributed by atoms with Crippen molar-refractivity contribution in [3.63, 3.8) is 0 Å². The van der Waals surface area contributed by atoms with Gasteiger partial charge in [0, 0.05) is 29.1 Å². The topological polar surface area (TPSA) is 63.0 Å². The van der Waals surface area contributed by atoms with Gasteiger partial charge >= 0.3 is 0 Å². The summed E-state index contributed by atoms with van der Waals surface area (Å²) in [4.78, 5) is 24.2. The third-order valence-corrected chi connectivity index (χ3v) is 7.03. The predicted octanol–water partition coefficient (Wildman–Crippen LogP) is 5.56. The highest BCUT2D eigenvalue weighted by atomic mass is 32.1. The summed E-state index contributed by atoms with van der Waals surface area (Å²) in [6.07, 6.45) is 0.867. The molecule has 2 aromatic carbocycles. The van der Waals surface area contributed by atoms with Crippen LogP contribution in [0, 0.1) is 0 Å². The molecule has 0 aliphatic rings. The molecule has 0 radical (unpaired) electrons. The van der Waals surface area contributed by atoms with Gasteiger partial charge in [-0.15, -0.1) is 11.3 Å². The Hall–Kier alpha value is -3.29. The van der Waals surface area contributed by atoms with Crippen LogP contribution in [0.2, 0.25) is 0 Å². The Morgan fingerprint density at radius 3 is 2.65 bits per heavy atom. The molecule has 0 unspecified atom stereocenters. The van der Waals surface area contributed by atoms with Gasteiger partial charge in [0.25, 0.3) is 5.56 Å². The first-order chi connectivity index (χ1) is 15.2. The van der Waals surface area contributed by atoms with E-state index < -0.39 is 0 Å². The summed E-state index contributed by atoms with van der Waals surface area (Å²) in [7, 11) is 0. The van der Waals surface area contributed by atoms with Crippen molar-refractivity contribution in [2.75, 3.05) is 6.54 Å². The lowest BCUT2D eigenvalue weighted by Crippen LogP contribution is -2.19. The van der Waals surface area contributed by atoms with Crippen LogP contribution in [0.25, 0.3) is 26.6 Å². The molecule has 5 aromatic rings. The number of hydrogen-bond acceptors (Lipinski definition) is 5. The van der Waals surface area contributed by atoms with E-state index >= 15 is 0 Å². The fraction of sp³-hybridized carbons (Fsp3) is 0.125. The smallest absolute Gasteiger partial charge is 0.283 e. The third-order valence-electron chi connectivity index (χ3n) is 5.08. The number of aliphatic imine (C=N–C) groups is 1. The number of nitrogens with zero attached hydrogens (tertiary/aromatic N) is 3. The van der Waals surface area contributed by atoms with E-state index in [1.165, 1.54) is 16.2 Å². The van der Waals surface area contributed by atoms with Crippen molar-refractivity contribution in [1.82, 2.24) is 14.8 Å². The standard InChI is InChI=1S/C24H20N4OS2/c1-16(25-14-13-18-10-7-15-30-18)21-22(17-8-3-2-4-9-17)27-28(23(21)29)24-26-19-11-5-6-12-20(19)31-24/h2-12,15,27H,13-14H2,1H3. The molecule has 0 fully saturated rings. The number of aromatic nitrogens is 3. The van der Waals surface area contributed by atoms with Crippen LogP contribution in [0.5, 0.6) is 0 Å². The highest BCUT2D eigenvalue weighted by Gasteiger charge is 2.20. The fourth-order valence-corrected chi connectivity index (χ4v) is 5.17. The maximum atomic E-state index is 13.5. The summed E-state index contributed by atoms with van der Waals surface area (Å²) in [5.41, 5.74) is 3.79. The van der Waals surface area contributed by atoms with E-state index in [1.807, 2.05) is 67.6 Å². The summed E-state index contributed by atoms with van der Waals surface area (Å²) in [6, 6.07) is 22.0. The number of H-pyrrole nitrogens is 1. The molecule has 31 heavy (non-hydrogen) atoms. The van der Waals surface area contributed by atoms with Crippen LogP contribution < -0.4 is 5.56 Å². The van der Waals surface area contributed by atoms with E-state index in [0.29, 0.717) is 17.2 Å². The normalized spacial score (nSPS) is 12.0. The van der Waals surface area contributed by atoms with Crippen molar-refractivity contribution in [3.05, 3.63) is 92.9 Å². The zero-order valence-corrected chi connectivity index (χ0v) is 18.5. The monoisotopic (exact) mass is 444 g/mol. The number of rotatable bonds is 6. The van der Waals surface area contributed by atoms with Crippen LogP contribution in [0.3, 0.4) is 0 Å². The number of fused-ring (bicyclic) bond motifs is 1. The Morgan fingerprint density at radius 2 is 1.87 bits per heavy atom. The lowest BCUT2D eigenvalue weighted by molar-refractivity contribution is 0.845. The molecule has 0 spiro atoms. The minimum absolute atomic E-state index is 0.129. The van der Waals surface area contributed by atoms with E-state index in [9.17, 15) is 4.79 Å². The second-order valence-corrected chi connectivity index (χ2v) is 9.17. The van der Waals surface area contributed by atoms with Crippen LogP contribution >= 0.6 is 22.7 Å². The minimum Gasteiger partial charge on any atom is -0.289 e. The predicted molar refractivity (Wildman–Crippen MR) is 130 cm³/mol. The van der Waals surface area contributed by atoms with Crippen LogP contribution in [0.15, 0.2) is 81.9 Å². The van der Waals surface area contributed by atoms with Crippen molar-refractivity contribution < 1.29 is 0 Å². The summed E-state index contributed by atoms with van der Waals surface area (Å²) in [5, 5.41) is 6.00. The molecule has 5 nitrogen and oxygen atoms in total. The number of benzene rings is 2. The van der Waals surface area contributed by atoms with Crippen molar-refractivity contribution in [2.24, 2.45) is 4.99 Å². The molecule has 5 rings (SSSR count). The number of para-hydroxylation sites is 1. The van der Waals surface area contributed by atoms with E-state index in [4.69, 9.17) is 4.99 Å². The molecule has 3 heterocycles. The summed E-state index contributed by atoms with van der Waals surface area (Å²) < 4.78 is 2.59. The molecular weight excluding hydrogens is 424 g/mol. The Balaban J connectivity index is 1.59. The first-order valence-electron chi connectivity index (χ1n) is 10.0. The maximum absolute atomic E-state index is 13.5. The SMILES string of the molecule is CC(=NCCc1cccs1)c1c(-c2ccccc2)[nH]n(-c2nc3ccccc3s2)c1=O. The molecule has 0 atom stereocenters. The number of nitrogens with one attached hydrogen (secondary N) is 1. The van der Waals surface area contributed by atoms with Gasteiger partial charge in [-0.1, -0.05) is 59.9 Å². The van der Waals surface area contributed by atoms with Gasteiger partial charge in [-0.2, -0.15) is 4.68 Å². The van der Waals surface area contributed by atoms with Crippen LogP contribution in [0.1, 0.15) is 17.4 Å². The minimum atomic E-state index is -0.129. The van der Waals surface area contributed by atoms with Crippen molar-refractivity contribution >= 4 is 38.6 Å². The van der Waals surface area contributed by atoms with Gasteiger partial charge in [-0.3, -0.25) is 14.9 Å². The molecule has 154 valence electrons. The van der Waals surface area contributed by atoms with Gasteiger partial charge < -0.3 is 0 Å². The van der Waals surface area contributed by atoms with E-state index in [1.54, 1.807) is 16.0 Å². The quantitative estimate of drug-likeness (QED) is 0.349. The van der Waals surface area contributed by atoms with Gasteiger partial charge in [0.15, 0.2) is 0 Å². The average molecular weight is 445 g/mol. The number of aromatic amines is 1. The first-order valence-corrected chi connectivity index (χ1v) is 11.7. The van der Waals surface area contributed by atoms with Crippen molar-refractivity contribution in [3.8, 4) is 16.4 Å². The molecule has 0 aliphatic heterocycles. The molecular formula is C24H20N4OS2. The molecule has 0 aliphatic carbocycles. The Labute approximate surface area is 187 Å². The lowest BCUT2D eigenvalue weighted by Gasteiger charge is -2.03. The van der Waals surface area contributed by atoms with Crippen LogP contribution in [-0.4, -0.2) is 27.0 Å². The largest absolute Gasteiger partial charge is 0.289 e. The summed E-state index contributed by atoms with van der Waals surface area (Å²) in [6.45, 7) is 2.56. The second-order valence-electron chi connectivity index (χ2n) is 7.13. The zero-order valence-electron chi connectivity index (χ0n) is 16.9. The average Bonchev–Trinajstić information content (AvgIpc) is 3.52. The van der Waals surface area contributed by atoms with Crippen LogP contribution in [-0.2, 0) is 6.42 Å². The number of thiazole rings is 1. The van der Waals surface area contributed by atoms with Gasteiger partial charge in [-0.05, 0) is 30.5 Å². The molecule has 3 aromatic heterocycles. The maximum Gasteiger partial charge on any atom is 0.283 e. The Bertz CT molecular complexity index is 1380.